The van der Waals surface area contributed by atoms with Crippen LogP contribution in [-0.2, 0) is 6.18 Å². The highest BCUT2D eigenvalue weighted by Crippen LogP contribution is 2.51. The van der Waals surface area contributed by atoms with Gasteiger partial charge in [-0.3, -0.25) is 14.8 Å². The fraction of sp³-hybridized carbons (Fsp3) is 0.481. The summed E-state index contributed by atoms with van der Waals surface area (Å²) in [6.45, 7) is 1.06. The van der Waals surface area contributed by atoms with Gasteiger partial charge in [0.15, 0.2) is 0 Å². The van der Waals surface area contributed by atoms with Crippen LogP contribution in [0.2, 0.25) is 5.02 Å². The lowest BCUT2D eigenvalue weighted by molar-refractivity contribution is -0.137. The summed E-state index contributed by atoms with van der Waals surface area (Å²) >= 11 is 6.45. The molecule has 2 aliphatic heterocycles. The van der Waals surface area contributed by atoms with Gasteiger partial charge in [0.2, 0.25) is 0 Å². The molecule has 2 saturated heterocycles. The molecule has 3 fully saturated rings. The number of hydrogen-bond donors (Lipinski definition) is 2. The molecule has 3 aliphatic rings. The van der Waals surface area contributed by atoms with Crippen LogP contribution in [-0.4, -0.2) is 80.8 Å². The number of pyridine rings is 1. The predicted molar refractivity (Wildman–Crippen MR) is 141 cm³/mol. The molecule has 212 valence electrons. The van der Waals surface area contributed by atoms with E-state index in [1.165, 1.54) is 11.1 Å². The highest BCUT2D eigenvalue weighted by atomic mass is 35.5. The monoisotopic (exact) mass is 576 g/mol. The minimum Gasteiger partial charge on any atom is -0.465 e. The average molecular weight is 577 g/mol. The van der Waals surface area contributed by atoms with Gasteiger partial charge in [0, 0.05) is 48.4 Å². The van der Waals surface area contributed by atoms with E-state index < -0.39 is 28.9 Å². The molecule has 1 saturated carbocycles. The molecule has 0 radical (unpaired) electrons. The van der Waals surface area contributed by atoms with Gasteiger partial charge in [0.1, 0.15) is 6.61 Å². The maximum absolute atomic E-state index is 14.2. The Morgan fingerprint density at radius 3 is 2.73 bits per heavy atom. The van der Waals surface area contributed by atoms with Crippen molar-refractivity contribution in [3.05, 3.63) is 46.7 Å². The summed E-state index contributed by atoms with van der Waals surface area (Å²) in [5, 5.41) is 12.8. The van der Waals surface area contributed by atoms with Crippen molar-refractivity contribution < 1.29 is 27.8 Å². The third kappa shape index (κ3) is 4.71. The van der Waals surface area contributed by atoms with Crippen molar-refractivity contribution in [3.63, 3.8) is 0 Å². The number of likely N-dealkylation sites (N-methyl/N-ethyl adjacent to an activating group) is 1. The van der Waals surface area contributed by atoms with E-state index in [1.54, 1.807) is 18.2 Å². The predicted octanol–water partition coefficient (Wildman–Crippen LogP) is 4.99. The average Bonchev–Trinajstić information content (AvgIpc) is 3.66. The Labute approximate surface area is 233 Å². The second-order valence-electron chi connectivity index (χ2n) is 10.6. The summed E-state index contributed by atoms with van der Waals surface area (Å²) in [5.41, 5.74) is -0.488. The maximum Gasteiger partial charge on any atom is 0.417 e. The SMILES string of the molecule is CN1C(COc2nc(C3CNCCN3C(=O)O)c3c(-c4ccccn4)c(Cl)c(C(F)(F)F)cc3n2)CCC12CC2. The smallest absolute Gasteiger partial charge is 0.417 e. The molecule has 2 aromatic heterocycles. The van der Waals surface area contributed by atoms with Crippen molar-refractivity contribution >= 4 is 28.6 Å². The Kier molecular flexibility index (Phi) is 6.75. The third-order valence-electron chi connectivity index (χ3n) is 8.43. The van der Waals surface area contributed by atoms with Crippen LogP contribution in [0.15, 0.2) is 30.5 Å². The number of carbonyl (C=O) groups is 1. The molecule has 40 heavy (non-hydrogen) atoms. The molecule has 1 aromatic carbocycles. The zero-order valence-electron chi connectivity index (χ0n) is 21.7. The van der Waals surface area contributed by atoms with Crippen LogP contribution in [0.3, 0.4) is 0 Å². The highest BCUT2D eigenvalue weighted by Gasteiger charge is 2.52. The molecule has 4 heterocycles. The first-order valence-corrected chi connectivity index (χ1v) is 13.6. The fourth-order valence-corrected chi connectivity index (χ4v) is 6.38. The Morgan fingerprint density at radius 1 is 1.27 bits per heavy atom. The van der Waals surface area contributed by atoms with Gasteiger partial charge < -0.3 is 15.2 Å². The second kappa shape index (κ2) is 10.0. The quantitative estimate of drug-likeness (QED) is 0.438. The number of fused-ring (bicyclic) bond motifs is 1. The first kappa shape index (κ1) is 27.0. The number of nitrogens with zero attached hydrogens (tertiary/aromatic N) is 5. The standard InChI is InChI=1S/C27H28ClF3N6O3/c1-36-15(5-6-26(36)7-8-26)14-40-24-34-18-12-16(27(29,30)31)22(28)20(17-4-2-3-9-33-17)21(18)23(35-24)19-13-32-10-11-37(19)25(38)39/h2-4,9,12,15,19,32H,5-8,10-11,13-14H2,1H3,(H,38,39). The number of likely N-dealkylation sites (tertiary alicyclic amines) is 1. The number of aromatic nitrogens is 3. The zero-order valence-corrected chi connectivity index (χ0v) is 22.5. The Bertz CT molecular complexity index is 1450. The van der Waals surface area contributed by atoms with Crippen LogP contribution in [0.5, 0.6) is 6.01 Å². The molecular formula is C27H28ClF3N6O3. The van der Waals surface area contributed by atoms with Gasteiger partial charge in [-0.1, -0.05) is 17.7 Å². The molecule has 9 nitrogen and oxygen atoms in total. The summed E-state index contributed by atoms with van der Waals surface area (Å²) in [6, 6.07) is 4.90. The number of amides is 1. The zero-order chi connectivity index (χ0) is 28.2. The van der Waals surface area contributed by atoms with Gasteiger partial charge in [-0.15, -0.1) is 0 Å². The minimum atomic E-state index is -4.77. The molecule has 3 aromatic rings. The molecule has 0 bridgehead atoms. The third-order valence-corrected chi connectivity index (χ3v) is 8.83. The van der Waals surface area contributed by atoms with Crippen molar-refractivity contribution in [2.75, 3.05) is 33.3 Å². The Morgan fingerprint density at radius 2 is 2.08 bits per heavy atom. The van der Waals surface area contributed by atoms with E-state index in [0.717, 1.165) is 31.7 Å². The molecule has 1 amide bonds. The van der Waals surface area contributed by atoms with Crippen LogP contribution in [0, 0.1) is 0 Å². The molecular weight excluding hydrogens is 549 g/mol. The molecule has 2 N–H and O–H groups in total. The number of hydrogen-bond acceptors (Lipinski definition) is 7. The molecule has 2 unspecified atom stereocenters. The van der Waals surface area contributed by atoms with Crippen LogP contribution in [0.4, 0.5) is 18.0 Å². The molecule has 1 aliphatic carbocycles. The summed E-state index contributed by atoms with van der Waals surface area (Å²) in [6.07, 6.45) is -0.184. The largest absolute Gasteiger partial charge is 0.465 e. The van der Waals surface area contributed by atoms with Gasteiger partial charge in [0.05, 0.1) is 33.5 Å². The first-order chi connectivity index (χ1) is 19.1. The van der Waals surface area contributed by atoms with Crippen molar-refractivity contribution in [1.82, 2.24) is 30.1 Å². The van der Waals surface area contributed by atoms with E-state index in [-0.39, 0.29) is 65.1 Å². The van der Waals surface area contributed by atoms with Crippen molar-refractivity contribution in [3.8, 4) is 17.3 Å². The van der Waals surface area contributed by atoms with Crippen LogP contribution in [0.1, 0.15) is 43.0 Å². The van der Waals surface area contributed by atoms with E-state index >= 15 is 0 Å². The summed E-state index contributed by atoms with van der Waals surface area (Å²) < 4.78 is 48.6. The lowest BCUT2D eigenvalue weighted by Crippen LogP contribution is -2.48. The summed E-state index contributed by atoms with van der Waals surface area (Å²) in [4.78, 5) is 29.1. The number of halogens is 4. The van der Waals surface area contributed by atoms with E-state index in [9.17, 15) is 23.1 Å². The van der Waals surface area contributed by atoms with Crippen molar-refractivity contribution in [2.45, 2.75) is 49.5 Å². The number of ether oxygens (including phenoxy) is 1. The Balaban J connectivity index is 1.53. The van der Waals surface area contributed by atoms with Gasteiger partial charge >= 0.3 is 18.3 Å². The molecule has 1 spiro atoms. The van der Waals surface area contributed by atoms with E-state index in [4.69, 9.17) is 16.3 Å². The van der Waals surface area contributed by atoms with Crippen LogP contribution in [0.25, 0.3) is 22.2 Å². The van der Waals surface area contributed by atoms with Gasteiger partial charge in [-0.25, -0.2) is 4.79 Å². The number of benzene rings is 1. The Hall–Kier alpha value is -3.22. The van der Waals surface area contributed by atoms with E-state index in [2.05, 4.69) is 32.2 Å². The molecule has 6 rings (SSSR count). The highest BCUT2D eigenvalue weighted by molar-refractivity contribution is 6.36. The molecule has 13 heteroatoms. The minimum absolute atomic E-state index is 0.00393. The van der Waals surface area contributed by atoms with E-state index in [0.29, 0.717) is 6.54 Å². The number of carboxylic acid groups (broad SMARTS) is 1. The topological polar surface area (TPSA) is 104 Å². The summed E-state index contributed by atoms with van der Waals surface area (Å²) in [7, 11) is 2.07. The summed E-state index contributed by atoms with van der Waals surface area (Å²) in [5.74, 6) is 0. The van der Waals surface area contributed by atoms with E-state index in [1.807, 2.05) is 0 Å². The first-order valence-electron chi connectivity index (χ1n) is 13.2. The van der Waals surface area contributed by atoms with Gasteiger partial charge in [0.25, 0.3) is 0 Å². The number of alkyl halides is 3. The normalized spacial score (nSPS) is 22.7. The lowest BCUT2D eigenvalue weighted by atomic mass is 9.95. The van der Waals surface area contributed by atoms with Gasteiger partial charge in [-0.2, -0.15) is 23.1 Å². The second-order valence-corrected chi connectivity index (χ2v) is 11.0. The lowest BCUT2D eigenvalue weighted by Gasteiger charge is -2.34. The van der Waals surface area contributed by atoms with Crippen molar-refractivity contribution in [2.24, 2.45) is 0 Å². The van der Waals surface area contributed by atoms with Crippen LogP contribution >= 0.6 is 11.6 Å². The van der Waals surface area contributed by atoms with Crippen molar-refractivity contribution in [1.29, 1.82) is 0 Å². The number of rotatable bonds is 5. The maximum atomic E-state index is 14.2. The number of piperazine rings is 1. The number of nitrogens with one attached hydrogen (secondary N) is 1. The fourth-order valence-electron chi connectivity index (χ4n) is 6.03. The van der Waals surface area contributed by atoms with Gasteiger partial charge in [-0.05, 0) is 50.9 Å². The molecule has 2 atom stereocenters. The van der Waals surface area contributed by atoms with Crippen LogP contribution < -0.4 is 10.1 Å².